The van der Waals surface area contributed by atoms with Crippen molar-refractivity contribution in [1.29, 1.82) is 0 Å². The van der Waals surface area contributed by atoms with Crippen molar-refractivity contribution in [3.63, 3.8) is 0 Å². The van der Waals surface area contributed by atoms with Gasteiger partial charge in [0.25, 0.3) is 0 Å². The van der Waals surface area contributed by atoms with Crippen molar-refractivity contribution in [3.8, 4) is 11.5 Å². The van der Waals surface area contributed by atoms with Crippen LogP contribution >= 0.6 is 24.0 Å². The summed E-state index contributed by atoms with van der Waals surface area (Å²) in [5.41, 5.74) is 4.08. The quantitative estimate of drug-likeness (QED) is 0.202. The van der Waals surface area contributed by atoms with Crippen LogP contribution in [0.25, 0.3) is 11.5 Å². The molecule has 0 saturated carbocycles. The summed E-state index contributed by atoms with van der Waals surface area (Å²) in [5, 5.41) is 15.0. The lowest BCUT2D eigenvalue weighted by Gasteiger charge is -2.11. The van der Waals surface area contributed by atoms with Crippen LogP contribution in [0.2, 0.25) is 0 Å². The fourth-order valence-electron chi connectivity index (χ4n) is 3.09. The van der Waals surface area contributed by atoms with Crippen molar-refractivity contribution in [1.82, 2.24) is 30.4 Å². The first-order chi connectivity index (χ1) is 15.6. The van der Waals surface area contributed by atoms with Crippen molar-refractivity contribution in [2.45, 2.75) is 33.5 Å². The topological polar surface area (TPSA) is 93.2 Å². The molecular formula is C24H28IN7O. The van der Waals surface area contributed by atoms with E-state index in [1.807, 2.05) is 61.0 Å². The Morgan fingerprint density at radius 3 is 2.39 bits per heavy atom. The third kappa shape index (κ3) is 6.64. The average molecular weight is 557 g/mol. The van der Waals surface area contributed by atoms with E-state index in [4.69, 9.17) is 9.41 Å². The van der Waals surface area contributed by atoms with Gasteiger partial charge in [0.1, 0.15) is 12.1 Å². The van der Waals surface area contributed by atoms with Gasteiger partial charge in [-0.25, -0.2) is 9.98 Å². The molecule has 0 aliphatic rings. The van der Waals surface area contributed by atoms with Crippen molar-refractivity contribution in [2.75, 3.05) is 0 Å². The van der Waals surface area contributed by atoms with Crippen LogP contribution in [0.5, 0.6) is 0 Å². The average Bonchev–Trinajstić information content (AvgIpc) is 3.41. The van der Waals surface area contributed by atoms with Gasteiger partial charge >= 0.3 is 0 Å². The molecule has 0 radical (unpaired) electrons. The Kier molecular flexibility index (Phi) is 8.58. The molecule has 0 fully saturated rings. The van der Waals surface area contributed by atoms with Crippen LogP contribution < -0.4 is 10.6 Å². The molecule has 2 heterocycles. The van der Waals surface area contributed by atoms with Gasteiger partial charge in [0, 0.05) is 12.6 Å². The first-order valence-electron chi connectivity index (χ1n) is 10.5. The van der Waals surface area contributed by atoms with Gasteiger partial charge in [-0.3, -0.25) is 0 Å². The molecule has 0 aliphatic carbocycles. The lowest BCUT2D eigenvalue weighted by atomic mass is 10.1. The number of nitrogens with one attached hydrogen (secondary N) is 2. The standard InChI is InChI=1S/C24H27N7O.HI/c1-17-9-11-20(12-10-17)23-28-21(16-32-23)14-26-24(25-13-19-7-5-4-6-8-19)27-15-22-30-29-18(2)31(22)3;/h4-12,16H,13-15H2,1-3H3,(H2,25,26,27);1H. The molecule has 0 spiro atoms. The third-order valence-corrected chi connectivity index (χ3v) is 5.15. The summed E-state index contributed by atoms with van der Waals surface area (Å²) in [5.74, 6) is 2.96. The molecule has 0 amide bonds. The lowest BCUT2D eigenvalue weighted by molar-refractivity contribution is 0.572. The van der Waals surface area contributed by atoms with Gasteiger partial charge in [-0.15, -0.1) is 34.2 Å². The summed E-state index contributed by atoms with van der Waals surface area (Å²) in [6, 6.07) is 18.2. The molecule has 0 saturated heterocycles. The molecule has 8 nitrogen and oxygen atoms in total. The highest BCUT2D eigenvalue weighted by Gasteiger charge is 2.09. The van der Waals surface area contributed by atoms with Gasteiger partial charge in [0.15, 0.2) is 11.8 Å². The maximum Gasteiger partial charge on any atom is 0.226 e. The molecule has 9 heteroatoms. The highest BCUT2D eigenvalue weighted by molar-refractivity contribution is 14.0. The molecule has 172 valence electrons. The Hall–Kier alpha value is -3.21. The van der Waals surface area contributed by atoms with E-state index in [2.05, 4.69) is 44.9 Å². The minimum atomic E-state index is 0. The molecule has 2 aromatic carbocycles. The minimum Gasteiger partial charge on any atom is -0.444 e. The molecule has 4 rings (SSSR count). The smallest absolute Gasteiger partial charge is 0.226 e. The Balaban J connectivity index is 0.00000306. The van der Waals surface area contributed by atoms with Crippen LogP contribution in [0, 0.1) is 13.8 Å². The predicted molar refractivity (Wildman–Crippen MR) is 139 cm³/mol. The first kappa shape index (κ1) is 24.4. The highest BCUT2D eigenvalue weighted by atomic mass is 127. The summed E-state index contributed by atoms with van der Waals surface area (Å²) in [4.78, 5) is 9.31. The maximum absolute atomic E-state index is 5.67. The van der Waals surface area contributed by atoms with Gasteiger partial charge < -0.3 is 19.6 Å². The van der Waals surface area contributed by atoms with Crippen molar-refractivity contribution < 1.29 is 4.42 Å². The molecule has 0 atom stereocenters. The van der Waals surface area contributed by atoms with E-state index in [1.165, 1.54) is 5.56 Å². The summed E-state index contributed by atoms with van der Waals surface area (Å²) in [7, 11) is 1.95. The lowest BCUT2D eigenvalue weighted by Crippen LogP contribution is -2.37. The largest absolute Gasteiger partial charge is 0.444 e. The molecule has 2 N–H and O–H groups in total. The number of aliphatic imine (C=N–C) groups is 1. The fraction of sp³-hybridized carbons (Fsp3) is 0.250. The zero-order valence-electron chi connectivity index (χ0n) is 18.9. The maximum atomic E-state index is 5.67. The van der Waals surface area contributed by atoms with Crippen molar-refractivity contribution in [3.05, 3.63) is 89.3 Å². The van der Waals surface area contributed by atoms with E-state index in [0.717, 1.165) is 28.5 Å². The van der Waals surface area contributed by atoms with Crippen LogP contribution in [0.15, 0.2) is 70.3 Å². The van der Waals surface area contributed by atoms with E-state index in [9.17, 15) is 0 Å². The Labute approximate surface area is 210 Å². The number of guanidine groups is 1. The number of halogens is 1. The SMILES string of the molecule is Cc1ccc(-c2nc(CNC(=NCc3ccccc3)NCc3nnc(C)n3C)co2)cc1.I. The molecule has 0 unspecified atom stereocenters. The summed E-state index contributed by atoms with van der Waals surface area (Å²) >= 11 is 0. The first-order valence-corrected chi connectivity index (χ1v) is 10.5. The van der Waals surface area contributed by atoms with E-state index >= 15 is 0 Å². The molecule has 33 heavy (non-hydrogen) atoms. The zero-order chi connectivity index (χ0) is 22.3. The zero-order valence-corrected chi connectivity index (χ0v) is 21.3. The number of rotatable bonds is 7. The second-order valence-corrected chi connectivity index (χ2v) is 7.59. The highest BCUT2D eigenvalue weighted by Crippen LogP contribution is 2.19. The number of aromatic nitrogens is 4. The van der Waals surface area contributed by atoms with Gasteiger partial charge in [-0.1, -0.05) is 48.0 Å². The predicted octanol–water partition coefficient (Wildman–Crippen LogP) is 4.14. The van der Waals surface area contributed by atoms with Crippen molar-refractivity contribution in [2.24, 2.45) is 12.0 Å². The van der Waals surface area contributed by atoms with E-state index in [0.29, 0.717) is 31.5 Å². The van der Waals surface area contributed by atoms with Crippen LogP contribution in [0.3, 0.4) is 0 Å². The monoisotopic (exact) mass is 557 g/mol. The Bertz CT molecular complexity index is 1180. The van der Waals surface area contributed by atoms with Crippen LogP contribution in [-0.2, 0) is 26.7 Å². The van der Waals surface area contributed by atoms with Gasteiger partial charge in [0.05, 0.1) is 25.3 Å². The number of aryl methyl sites for hydroxylation is 2. The summed E-state index contributed by atoms with van der Waals surface area (Å²) in [6.45, 7) is 5.52. The van der Waals surface area contributed by atoms with E-state index in [-0.39, 0.29) is 24.0 Å². The Morgan fingerprint density at radius 2 is 1.70 bits per heavy atom. The van der Waals surface area contributed by atoms with Gasteiger partial charge in [-0.05, 0) is 31.5 Å². The summed E-state index contributed by atoms with van der Waals surface area (Å²) < 4.78 is 7.62. The molecule has 4 aromatic rings. The van der Waals surface area contributed by atoms with Gasteiger partial charge in [0.2, 0.25) is 5.89 Å². The minimum absolute atomic E-state index is 0. The van der Waals surface area contributed by atoms with Crippen LogP contribution in [0.1, 0.15) is 28.5 Å². The number of benzene rings is 2. The number of oxazole rings is 1. The number of hydrogen-bond acceptors (Lipinski definition) is 5. The van der Waals surface area contributed by atoms with Gasteiger partial charge in [-0.2, -0.15) is 0 Å². The molecule has 2 aromatic heterocycles. The van der Waals surface area contributed by atoms with Crippen LogP contribution in [-0.4, -0.2) is 25.7 Å². The second kappa shape index (κ2) is 11.6. The molecular weight excluding hydrogens is 529 g/mol. The summed E-state index contributed by atoms with van der Waals surface area (Å²) in [6.07, 6.45) is 1.67. The number of hydrogen-bond donors (Lipinski definition) is 2. The van der Waals surface area contributed by atoms with Crippen molar-refractivity contribution >= 4 is 29.9 Å². The molecule has 0 aliphatic heterocycles. The number of nitrogens with zero attached hydrogens (tertiary/aromatic N) is 5. The molecule has 0 bridgehead atoms. The Morgan fingerprint density at radius 1 is 0.970 bits per heavy atom. The third-order valence-electron chi connectivity index (χ3n) is 5.15. The van der Waals surface area contributed by atoms with E-state index in [1.54, 1.807) is 6.26 Å². The van der Waals surface area contributed by atoms with Crippen LogP contribution in [0.4, 0.5) is 0 Å². The normalized spacial score (nSPS) is 11.2. The van der Waals surface area contributed by atoms with E-state index < -0.39 is 0 Å². The fourth-order valence-corrected chi connectivity index (χ4v) is 3.09. The second-order valence-electron chi connectivity index (χ2n) is 7.59.